The average Bonchev–Trinajstić information content (AvgIpc) is 2.92. The van der Waals surface area contributed by atoms with Crippen LogP contribution in [0.15, 0.2) is 24.3 Å². The summed E-state index contributed by atoms with van der Waals surface area (Å²) in [5.74, 6) is -0.929. The number of thiol groups is 1. The highest BCUT2D eigenvalue weighted by Gasteiger charge is 2.25. The second kappa shape index (κ2) is 9.09. The van der Waals surface area contributed by atoms with Gasteiger partial charge in [0.25, 0.3) is 0 Å². The Morgan fingerprint density at radius 3 is 2.50 bits per heavy atom. The number of carbonyl (C=O) groups is 2. The largest absolute Gasteiger partial charge is 0.462 e. The molecule has 140 valence electrons. The van der Waals surface area contributed by atoms with Crippen molar-refractivity contribution in [3.05, 3.63) is 51.8 Å². The highest BCUT2D eigenvalue weighted by Crippen LogP contribution is 2.31. The van der Waals surface area contributed by atoms with E-state index in [-0.39, 0.29) is 17.6 Å². The Morgan fingerprint density at radius 2 is 1.88 bits per heavy atom. The maximum Gasteiger partial charge on any atom is 0.359 e. The Balaban J connectivity index is 2.35. The number of rotatable bonds is 7. The lowest BCUT2D eigenvalue weighted by Gasteiger charge is -2.07. The van der Waals surface area contributed by atoms with Crippen molar-refractivity contribution in [2.45, 2.75) is 32.6 Å². The minimum atomic E-state index is -0.538. The van der Waals surface area contributed by atoms with Crippen molar-refractivity contribution in [2.75, 3.05) is 13.2 Å². The molecule has 0 aliphatic rings. The van der Waals surface area contributed by atoms with E-state index in [1.54, 1.807) is 39.0 Å². The maximum absolute atomic E-state index is 12.2. The first-order valence-electron chi connectivity index (χ1n) is 8.26. The Hall–Kier alpha value is -1.99. The molecule has 1 heterocycles. The molecule has 1 atom stereocenters. The predicted molar refractivity (Wildman–Crippen MR) is 102 cm³/mol. The van der Waals surface area contributed by atoms with E-state index in [1.165, 1.54) is 4.68 Å². The molecule has 0 fully saturated rings. The summed E-state index contributed by atoms with van der Waals surface area (Å²) in [5.41, 5.74) is 1.92. The van der Waals surface area contributed by atoms with Crippen LogP contribution in [0.4, 0.5) is 0 Å². The SMILES string of the molecule is CCOC(=O)c1cccc(Cn2nc(C(=O)OCC)c(C(C)S)c2Cl)c1. The number of benzene rings is 1. The van der Waals surface area contributed by atoms with Crippen molar-refractivity contribution in [1.82, 2.24) is 9.78 Å². The molecule has 0 saturated heterocycles. The zero-order chi connectivity index (χ0) is 19.3. The third-order valence-electron chi connectivity index (χ3n) is 3.58. The smallest absolute Gasteiger partial charge is 0.359 e. The van der Waals surface area contributed by atoms with Gasteiger partial charge in [0.1, 0.15) is 5.15 Å². The molecule has 0 aliphatic heterocycles. The summed E-state index contributed by atoms with van der Waals surface area (Å²) in [6.07, 6.45) is 0. The van der Waals surface area contributed by atoms with Crippen LogP contribution in [0.25, 0.3) is 0 Å². The van der Waals surface area contributed by atoms with E-state index in [9.17, 15) is 9.59 Å². The summed E-state index contributed by atoms with van der Waals surface area (Å²) in [4.78, 5) is 24.0. The van der Waals surface area contributed by atoms with Crippen molar-refractivity contribution in [2.24, 2.45) is 0 Å². The van der Waals surface area contributed by atoms with Gasteiger partial charge in [-0.2, -0.15) is 17.7 Å². The third-order valence-corrected chi connectivity index (χ3v) is 4.24. The van der Waals surface area contributed by atoms with Crippen molar-refractivity contribution in [3.63, 3.8) is 0 Å². The van der Waals surface area contributed by atoms with E-state index >= 15 is 0 Å². The molecule has 0 radical (unpaired) electrons. The molecule has 0 amide bonds. The molecule has 1 unspecified atom stereocenters. The van der Waals surface area contributed by atoms with E-state index in [0.29, 0.717) is 29.4 Å². The van der Waals surface area contributed by atoms with Crippen LogP contribution in [0.3, 0.4) is 0 Å². The van der Waals surface area contributed by atoms with Crippen LogP contribution in [-0.2, 0) is 16.0 Å². The van der Waals surface area contributed by atoms with Crippen molar-refractivity contribution in [3.8, 4) is 0 Å². The van der Waals surface area contributed by atoms with Gasteiger partial charge in [0, 0.05) is 10.8 Å². The summed E-state index contributed by atoms with van der Waals surface area (Å²) in [6, 6.07) is 6.99. The Bertz CT molecular complexity index is 804. The average molecular weight is 397 g/mol. The number of ether oxygens (including phenoxy) is 2. The molecule has 8 heteroatoms. The van der Waals surface area contributed by atoms with E-state index in [2.05, 4.69) is 17.7 Å². The van der Waals surface area contributed by atoms with Crippen LogP contribution in [0.1, 0.15) is 58.0 Å². The van der Waals surface area contributed by atoms with Gasteiger partial charge in [0.05, 0.1) is 25.3 Å². The fourth-order valence-corrected chi connectivity index (χ4v) is 3.14. The van der Waals surface area contributed by atoms with Crippen molar-refractivity contribution >= 4 is 36.2 Å². The fraction of sp³-hybridized carbons (Fsp3) is 0.389. The second-order valence-corrected chi connectivity index (χ2v) is 6.66. The number of hydrogen-bond donors (Lipinski definition) is 1. The molecule has 0 N–H and O–H groups in total. The lowest BCUT2D eigenvalue weighted by Crippen LogP contribution is -2.10. The summed E-state index contributed by atoms with van der Waals surface area (Å²) in [6.45, 7) is 6.12. The van der Waals surface area contributed by atoms with Gasteiger partial charge in [-0.05, 0) is 38.5 Å². The van der Waals surface area contributed by atoms with Crippen molar-refractivity contribution in [1.29, 1.82) is 0 Å². The number of halogens is 1. The van der Waals surface area contributed by atoms with Crippen molar-refractivity contribution < 1.29 is 19.1 Å². The molecular formula is C18H21ClN2O4S. The molecular weight excluding hydrogens is 376 g/mol. The second-order valence-electron chi connectivity index (χ2n) is 5.53. The lowest BCUT2D eigenvalue weighted by atomic mass is 10.1. The van der Waals surface area contributed by atoms with E-state index < -0.39 is 11.9 Å². The van der Waals surface area contributed by atoms with E-state index in [1.807, 2.05) is 6.07 Å². The van der Waals surface area contributed by atoms with Crippen LogP contribution < -0.4 is 0 Å². The van der Waals surface area contributed by atoms with Gasteiger partial charge in [-0.3, -0.25) is 0 Å². The van der Waals surface area contributed by atoms with Crippen LogP contribution in [0, 0.1) is 0 Å². The highest BCUT2D eigenvalue weighted by molar-refractivity contribution is 7.80. The van der Waals surface area contributed by atoms with Gasteiger partial charge in [-0.15, -0.1) is 0 Å². The van der Waals surface area contributed by atoms with E-state index in [0.717, 1.165) is 5.56 Å². The van der Waals surface area contributed by atoms with Gasteiger partial charge in [-0.1, -0.05) is 23.7 Å². The topological polar surface area (TPSA) is 70.4 Å². The lowest BCUT2D eigenvalue weighted by molar-refractivity contribution is 0.0511. The van der Waals surface area contributed by atoms with Crippen LogP contribution in [-0.4, -0.2) is 34.9 Å². The molecule has 0 spiro atoms. The minimum Gasteiger partial charge on any atom is -0.462 e. The molecule has 0 saturated carbocycles. The monoisotopic (exact) mass is 396 g/mol. The Morgan fingerprint density at radius 1 is 1.23 bits per heavy atom. The van der Waals surface area contributed by atoms with Gasteiger partial charge in [0.15, 0.2) is 5.69 Å². The van der Waals surface area contributed by atoms with Crippen LogP contribution >= 0.6 is 24.2 Å². The number of nitrogens with zero attached hydrogens (tertiary/aromatic N) is 2. The third kappa shape index (κ3) is 4.59. The summed E-state index contributed by atoms with van der Waals surface area (Å²) in [5, 5.41) is 4.33. The fourth-order valence-electron chi connectivity index (χ4n) is 2.46. The standard InChI is InChI=1S/C18H21ClN2O4S/c1-4-24-17(22)13-8-6-7-12(9-13)10-21-16(19)14(11(3)26)15(20-21)18(23)25-5-2/h6-9,11,26H,4-5,10H2,1-3H3. The summed E-state index contributed by atoms with van der Waals surface area (Å²) >= 11 is 10.8. The van der Waals surface area contributed by atoms with Gasteiger partial charge in [-0.25, -0.2) is 14.3 Å². The van der Waals surface area contributed by atoms with E-state index in [4.69, 9.17) is 21.1 Å². The van der Waals surface area contributed by atoms with Gasteiger partial charge >= 0.3 is 11.9 Å². The first-order valence-corrected chi connectivity index (χ1v) is 9.15. The summed E-state index contributed by atoms with van der Waals surface area (Å²) < 4.78 is 11.6. The number of aromatic nitrogens is 2. The molecule has 2 aromatic rings. The highest BCUT2D eigenvalue weighted by atomic mass is 35.5. The molecule has 1 aromatic carbocycles. The Kier molecular flexibility index (Phi) is 7.11. The van der Waals surface area contributed by atoms with Crippen LogP contribution in [0.2, 0.25) is 5.15 Å². The maximum atomic E-state index is 12.2. The molecule has 0 aliphatic carbocycles. The Labute approximate surface area is 162 Å². The molecule has 26 heavy (non-hydrogen) atoms. The number of hydrogen-bond acceptors (Lipinski definition) is 6. The van der Waals surface area contributed by atoms with Gasteiger partial charge in [0.2, 0.25) is 0 Å². The quantitative estimate of drug-likeness (QED) is 0.567. The van der Waals surface area contributed by atoms with Gasteiger partial charge < -0.3 is 9.47 Å². The molecule has 1 aromatic heterocycles. The molecule has 2 rings (SSSR count). The zero-order valence-corrected chi connectivity index (χ0v) is 16.5. The summed E-state index contributed by atoms with van der Waals surface area (Å²) in [7, 11) is 0. The van der Waals surface area contributed by atoms with Crippen LogP contribution in [0.5, 0.6) is 0 Å². The normalized spacial score (nSPS) is 11.9. The minimum absolute atomic E-state index is 0.154. The first-order chi connectivity index (χ1) is 12.4. The number of esters is 2. The molecule has 0 bridgehead atoms. The zero-order valence-electron chi connectivity index (χ0n) is 14.9. The predicted octanol–water partition coefficient (Wildman–Crippen LogP) is 3.93. The molecule has 6 nitrogen and oxygen atoms in total. The number of carbonyl (C=O) groups excluding carboxylic acids is 2. The first kappa shape index (κ1) is 20.3.